The quantitative estimate of drug-likeness (QED) is 0.255. The highest BCUT2D eigenvalue weighted by molar-refractivity contribution is 9.10. The van der Waals surface area contributed by atoms with Crippen molar-refractivity contribution < 1.29 is 19.0 Å². The van der Waals surface area contributed by atoms with Crippen molar-refractivity contribution in [3.8, 4) is 23.3 Å². The number of benzene rings is 3. The first kappa shape index (κ1) is 23.2. The van der Waals surface area contributed by atoms with Crippen molar-refractivity contribution in [2.75, 3.05) is 12.1 Å². The molecular weight excluding hydrogens is 576 g/mol. The molecule has 0 aromatic heterocycles. The summed E-state index contributed by atoms with van der Waals surface area (Å²) in [5.41, 5.74) is 1.97. The Bertz CT molecular complexity index is 1280. The smallest absolute Gasteiger partial charge is 0.266 e. The average Bonchev–Trinajstić information content (AvgIpc) is 3.25. The van der Waals surface area contributed by atoms with Crippen LogP contribution in [-0.2, 0) is 11.4 Å². The number of fused-ring (bicyclic) bond motifs is 1. The second-order valence-corrected chi connectivity index (χ2v) is 9.10. The van der Waals surface area contributed by atoms with E-state index in [-0.39, 0.29) is 19.0 Å². The molecule has 0 fully saturated rings. The molecule has 4 rings (SSSR count). The molecule has 33 heavy (non-hydrogen) atoms. The largest absolute Gasteiger partial charge is 0.486 e. The summed E-state index contributed by atoms with van der Waals surface area (Å²) < 4.78 is 18.0. The van der Waals surface area contributed by atoms with Crippen molar-refractivity contribution in [3.05, 3.63) is 85.3 Å². The lowest BCUT2D eigenvalue weighted by atomic mass is 10.1. The van der Waals surface area contributed by atoms with Crippen molar-refractivity contribution in [2.45, 2.75) is 6.61 Å². The Balaban J connectivity index is 1.49. The van der Waals surface area contributed by atoms with Gasteiger partial charge in [-0.1, -0.05) is 39.7 Å². The van der Waals surface area contributed by atoms with Crippen LogP contribution in [0.1, 0.15) is 11.1 Å². The van der Waals surface area contributed by atoms with E-state index in [9.17, 15) is 10.1 Å². The van der Waals surface area contributed by atoms with Crippen LogP contribution in [0.3, 0.4) is 0 Å². The van der Waals surface area contributed by atoms with Crippen LogP contribution in [0.5, 0.6) is 17.2 Å². The minimum Gasteiger partial charge on any atom is -0.486 e. The van der Waals surface area contributed by atoms with E-state index in [1.54, 1.807) is 30.3 Å². The number of hydrogen-bond donors (Lipinski definition) is 1. The fourth-order valence-corrected chi connectivity index (χ4v) is 4.45. The molecule has 6 nitrogen and oxygen atoms in total. The first-order valence-corrected chi connectivity index (χ1v) is 11.6. The molecule has 166 valence electrons. The van der Waals surface area contributed by atoms with Crippen molar-refractivity contribution in [1.29, 1.82) is 5.26 Å². The lowest BCUT2D eigenvalue weighted by molar-refractivity contribution is -0.112. The summed E-state index contributed by atoms with van der Waals surface area (Å²) in [6.45, 7) is 0.472. The van der Waals surface area contributed by atoms with Gasteiger partial charge in [-0.25, -0.2) is 0 Å². The van der Waals surface area contributed by atoms with E-state index in [1.807, 2.05) is 30.3 Å². The van der Waals surface area contributed by atoms with Gasteiger partial charge in [0.15, 0.2) is 17.2 Å². The highest BCUT2D eigenvalue weighted by atomic mass is 79.9. The molecule has 0 bridgehead atoms. The zero-order valence-electron chi connectivity index (χ0n) is 16.9. The number of nitrogens with zero attached hydrogens (tertiary/aromatic N) is 1. The minimum atomic E-state index is -0.522. The SMILES string of the molecule is N#C/C(=C/c1cc(Cl)c(OCc2ccc3c(c2)OCO3)c(Br)c1)C(=O)Nc1cccc(Br)c1. The van der Waals surface area contributed by atoms with Gasteiger partial charge in [0.1, 0.15) is 18.2 Å². The van der Waals surface area contributed by atoms with E-state index < -0.39 is 5.91 Å². The van der Waals surface area contributed by atoms with Crippen LogP contribution in [0, 0.1) is 11.3 Å². The molecule has 0 saturated heterocycles. The van der Waals surface area contributed by atoms with Gasteiger partial charge < -0.3 is 19.5 Å². The number of anilines is 1. The highest BCUT2D eigenvalue weighted by Gasteiger charge is 2.15. The number of carbonyl (C=O) groups is 1. The van der Waals surface area contributed by atoms with Gasteiger partial charge in [0.25, 0.3) is 5.91 Å². The van der Waals surface area contributed by atoms with Crippen molar-refractivity contribution >= 4 is 61.1 Å². The third-order valence-corrected chi connectivity index (χ3v) is 5.96. The number of hydrogen-bond acceptors (Lipinski definition) is 5. The topological polar surface area (TPSA) is 80.6 Å². The zero-order valence-corrected chi connectivity index (χ0v) is 20.8. The maximum atomic E-state index is 12.5. The highest BCUT2D eigenvalue weighted by Crippen LogP contribution is 2.37. The van der Waals surface area contributed by atoms with Gasteiger partial charge in [-0.15, -0.1) is 0 Å². The van der Waals surface area contributed by atoms with E-state index in [4.69, 9.17) is 25.8 Å². The fraction of sp³-hybridized carbons (Fsp3) is 0.0833. The summed E-state index contributed by atoms with van der Waals surface area (Å²) in [7, 11) is 0. The Kier molecular flexibility index (Phi) is 7.23. The van der Waals surface area contributed by atoms with Crippen molar-refractivity contribution in [2.24, 2.45) is 0 Å². The predicted molar refractivity (Wildman–Crippen MR) is 132 cm³/mol. The summed E-state index contributed by atoms with van der Waals surface area (Å²) >= 11 is 13.2. The van der Waals surface area contributed by atoms with E-state index in [2.05, 4.69) is 37.2 Å². The first-order valence-electron chi connectivity index (χ1n) is 9.62. The molecule has 1 heterocycles. The van der Waals surface area contributed by atoms with Crippen molar-refractivity contribution in [3.63, 3.8) is 0 Å². The lowest BCUT2D eigenvalue weighted by Crippen LogP contribution is -2.13. The molecule has 3 aromatic rings. The van der Waals surface area contributed by atoms with Gasteiger partial charge in [-0.3, -0.25) is 4.79 Å². The molecule has 1 aliphatic rings. The van der Waals surface area contributed by atoms with Gasteiger partial charge in [0, 0.05) is 10.2 Å². The predicted octanol–water partition coefficient (Wildman–Crippen LogP) is 6.72. The van der Waals surface area contributed by atoms with E-state index >= 15 is 0 Å². The summed E-state index contributed by atoms with van der Waals surface area (Å²) in [5, 5.41) is 12.5. The number of rotatable bonds is 6. The van der Waals surface area contributed by atoms with Crippen LogP contribution in [0.25, 0.3) is 6.08 Å². The van der Waals surface area contributed by atoms with Crippen LogP contribution in [0.4, 0.5) is 5.69 Å². The summed E-state index contributed by atoms with van der Waals surface area (Å²) in [5.74, 6) is 1.30. The lowest BCUT2D eigenvalue weighted by Gasteiger charge is -2.12. The summed E-state index contributed by atoms with van der Waals surface area (Å²) in [6.07, 6.45) is 1.46. The number of ether oxygens (including phenoxy) is 3. The summed E-state index contributed by atoms with van der Waals surface area (Å²) in [6, 6.07) is 18.0. The Morgan fingerprint density at radius 2 is 1.97 bits per heavy atom. The zero-order chi connectivity index (χ0) is 23.4. The van der Waals surface area contributed by atoms with Crippen LogP contribution < -0.4 is 19.5 Å². The Morgan fingerprint density at radius 1 is 1.15 bits per heavy atom. The maximum Gasteiger partial charge on any atom is 0.266 e. The number of nitrogens with one attached hydrogen (secondary N) is 1. The van der Waals surface area contributed by atoms with Crippen LogP contribution in [0.15, 0.2) is 69.1 Å². The van der Waals surface area contributed by atoms with E-state index in [0.717, 1.165) is 10.0 Å². The Morgan fingerprint density at radius 3 is 2.73 bits per heavy atom. The van der Waals surface area contributed by atoms with Gasteiger partial charge >= 0.3 is 0 Å². The molecule has 0 radical (unpaired) electrons. The first-order chi connectivity index (χ1) is 15.9. The normalized spacial score (nSPS) is 12.2. The molecular formula is C24H15Br2ClN2O4. The molecule has 0 atom stereocenters. The molecule has 0 aliphatic carbocycles. The van der Waals surface area contributed by atoms with Gasteiger partial charge in [0.2, 0.25) is 6.79 Å². The molecule has 0 spiro atoms. The number of nitriles is 1. The molecule has 0 unspecified atom stereocenters. The average molecular weight is 591 g/mol. The Labute approximate surface area is 212 Å². The van der Waals surface area contributed by atoms with Crippen LogP contribution in [-0.4, -0.2) is 12.7 Å². The second kappa shape index (κ2) is 10.3. The monoisotopic (exact) mass is 588 g/mol. The third-order valence-electron chi connectivity index (χ3n) is 4.60. The van der Waals surface area contributed by atoms with Crippen LogP contribution in [0.2, 0.25) is 5.02 Å². The van der Waals surface area contributed by atoms with E-state index in [0.29, 0.717) is 38.0 Å². The standard InChI is InChI=1S/C24H15Br2ClN2O4/c25-17-2-1-3-18(10-17)29-24(30)16(11-28)6-15-7-19(26)23(20(27)8-15)31-12-14-4-5-21-22(9-14)33-13-32-21/h1-10H,12-13H2,(H,29,30)/b16-6-. The third kappa shape index (κ3) is 5.69. The molecule has 1 aliphatic heterocycles. The fourth-order valence-electron chi connectivity index (χ4n) is 3.07. The van der Waals surface area contributed by atoms with Crippen LogP contribution >= 0.6 is 43.5 Å². The minimum absolute atomic E-state index is 0.0630. The number of carbonyl (C=O) groups excluding carboxylic acids is 1. The second-order valence-electron chi connectivity index (χ2n) is 6.92. The summed E-state index contributed by atoms with van der Waals surface area (Å²) in [4.78, 5) is 12.5. The molecule has 0 saturated carbocycles. The van der Waals surface area contributed by atoms with Gasteiger partial charge in [-0.2, -0.15) is 5.26 Å². The van der Waals surface area contributed by atoms with Crippen molar-refractivity contribution in [1.82, 2.24) is 0 Å². The molecule has 9 heteroatoms. The molecule has 1 N–H and O–H groups in total. The molecule has 1 amide bonds. The number of halogens is 3. The molecule has 3 aromatic carbocycles. The van der Waals surface area contributed by atoms with Gasteiger partial charge in [-0.05, 0) is 75.6 Å². The maximum absolute atomic E-state index is 12.5. The van der Waals surface area contributed by atoms with Gasteiger partial charge in [0.05, 0.1) is 9.50 Å². The van der Waals surface area contributed by atoms with E-state index in [1.165, 1.54) is 6.08 Å². The number of amides is 1. The Hall–Kier alpha value is -2.99.